The minimum absolute atomic E-state index is 0.975. The molecule has 0 unspecified atom stereocenters. The fourth-order valence-corrected chi connectivity index (χ4v) is 9.58. The molecular formula is C28H58N3P. The number of nitrogens with zero attached hydrogens (tertiary/aromatic N) is 2. The van der Waals surface area contributed by atoms with Crippen molar-refractivity contribution in [3.63, 3.8) is 0 Å². The third-order valence-electron chi connectivity index (χ3n) is 7.04. The summed E-state index contributed by atoms with van der Waals surface area (Å²) in [6.45, 7) is 9.54. The number of hydrogen-bond donors (Lipinski definition) is 1. The zero-order valence-corrected chi connectivity index (χ0v) is 23.5. The standard InChI is InChI=1S/C26H57P.C2HN3/c1-5-9-12-15-18-21-24-27(8-4,25-22-19-16-13-10-6-2)26-23-20-17-14-11-7-3;3-1-5-2-4/h27H,5-26H2,1-4H3;5H. The Bertz CT molecular complexity index is 386. The SMILES string of the molecule is CCCCCCCC[PH](CC)(CCCCCCCC)CCCCCCCC.N#CNC#N. The van der Waals surface area contributed by atoms with E-state index >= 15 is 0 Å². The van der Waals surface area contributed by atoms with Gasteiger partial charge in [0.15, 0.2) is 12.4 Å². The Balaban J connectivity index is 0. The van der Waals surface area contributed by atoms with Gasteiger partial charge >= 0.3 is 175 Å². The van der Waals surface area contributed by atoms with Crippen LogP contribution in [-0.2, 0) is 0 Å². The van der Waals surface area contributed by atoms with Crippen LogP contribution in [0.1, 0.15) is 143 Å². The first-order valence-corrected chi connectivity index (χ1v) is 17.0. The summed E-state index contributed by atoms with van der Waals surface area (Å²) >= 11 is 0. The first-order chi connectivity index (χ1) is 15.7. The molecule has 190 valence electrons. The van der Waals surface area contributed by atoms with Crippen LogP contribution in [0.3, 0.4) is 0 Å². The van der Waals surface area contributed by atoms with Crippen molar-refractivity contribution < 1.29 is 0 Å². The molecule has 0 rings (SSSR count). The van der Waals surface area contributed by atoms with Gasteiger partial charge in [-0.15, -0.1) is 0 Å². The topological polar surface area (TPSA) is 59.6 Å². The van der Waals surface area contributed by atoms with Gasteiger partial charge in [-0.05, 0) is 0 Å². The van der Waals surface area contributed by atoms with Crippen LogP contribution >= 0.6 is 7.26 Å². The van der Waals surface area contributed by atoms with E-state index in [0.29, 0.717) is 0 Å². The fourth-order valence-electron chi connectivity index (χ4n) is 4.77. The molecule has 0 bridgehead atoms. The van der Waals surface area contributed by atoms with Crippen molar-refractivity contribution in [2.45, 2.75) is 143 Å². The van der Waals surface area contributed by atoms with E-state index in [1.807, 2.05) is 0 Å². The van der Waals surface area contributed by atoms with E-state index in [0.717, 1.165) is 0 Å². The van der Waals surface area contributed by atoms with Gasteiger partial charge in [0.25, 0.3) is 0 Å². The molecule has 0 atom stereocenters. The van der Waals surface area contributed by atoms with Gasteiger partial charge in [0.2, 0.25) is 0 Å². The van der Waals surface area contributed by atoms with Gasteiger partial charge in [-0.25, -0.2) is 5.32 Å². The molecule has 3 nitrogen and oxygen atoms in total. The van der Waals surface area contributed by atoms with Gasteiger partial charge in [-0.3, -0.25) is 0 Å². The van der Waals surface area contributed by atoms with Crippen LogP contribution in [-0.4, -0.2) is 24.6 Å². The molecule has 0 spiro atoms. The van der Waals surface area contributed by atoms with Crippen LogP contribution in [0.25, 0.3) is 0 Å². The second-order valence-electron chi connectivity index (χ2n) is 9.76. The van der Waals surface area contributed by atoms with E-state index in [1.165, 1.54) is 109 Å². The number of rotatable bonds is 22. The maximum absolute atomic E-state index is 7.48. The zero-order valence-electron chi connectivity index (χ0n) is 22.5. The molecule has 0 aromatic rings. The second kappa shape index (κ2) is 28.2. The van der Waals surface area contributed by atoms with Gasteiger partial charge in [-0.2, -0.15) is 10.5 Å². The molecule has 32 heavy (non-hydrogen) atoms. The summed E-state index contributed by atoms with van der Waals surface area (Å²) in [7, 11) is -0.975. The summed E-state index contributed by atoms with van der Waals surface area (Å²) in [6, 6.07) is 0. The van der Waals surface area contributed by atoms with Crippen molar-refractivity contribution in [3.05, 3.63) is 0 Å². The van der Waals surface area contributed by atoms with Gasteiger partial charge < -0.3 is 0 Å². The first kappa shape index (κ1) is 33.4. The molecule has 0 aliphatic heterocycles. The second-order valence-corrected chi connectivity index (χ2v) is 15.0. The monoisotopic (exact) mass is 467 g/mol. The van der Waals surface area contributed by atoms with Crippen LogP contribution in [0.15, 0.2) is 0 Å². The van der Waals surface area contributed by atoms with Gasteiger partial charge in [-0.1, -0.05) is 0 Å². The minimum Gasteiger partial charge on any atom is -0.229 e. The third-order valence-corrected chi connectivity index (χ3v) is 12.8. The molecule has 0 saturated carbocycles. The molecule has 0 aromatic carbocycles. The molecule has 0 radical (unpaired) electrons. The maximum Gasteiger partial charge on any atom is 0.190 e. The summed E-state index contributed by atoms with van der Waals surface area (Å²) in [6.07, 6.45) is 35.9. The minimum atomic E-state index is -0.975. The van der Waals surface area contributed by atoms with Crippen LogP contribution in [0.2, 0.25) is 0 Å². The van der Waals surface area contributed by atoms with Crippen molar-refractivity contribution in [2.75, 3.05) is 24.6 Å². The first-order valence-electron chi connectivity index (χ1n) is 14.2. The van der Waals surface area contributed by atoms with Crippen LogP contribution in [0.5, 0.6) is 0 Å². The quantitative estimate of drug-likeness (QED) is 0.0746. The van der Waals surface area contributed by atoms with Crippen molar-refractivity contribution in [2.24, 2.45) is 0 Å². The van der Waals surface area contributed by atoms with Crippen LogP contribution in [0.4, 0.5) is 0 Å². The van der Waals surface area contributed by atoms with Crippen molar-refractivity contribution in [1.82, 2.24) is 5.32 Å². The summed E-state index contributed by atoms with van der Waals surface area (Å²) in [5.74, 6) is 0. The van der Waals surface area contributed by atoms with E-state index in [1.54, 1.807) is 49.2 Å². The Labute approximate surface area is 203 Å². The van der Waals surface area contributed by atoms with Gasteiger partial charge in [0, 0.05) is 0 Å². The number of nitriles is 2. The Morgan fingerprint density at radius 1 is 0.469 bits per heavy atom. The van der Waals surface area contributed by atoms with E-state index in [-0.39, 0.29) is 0 Å². The molecule has 0 aromatic heterocycles. The average Bonchev–Trinajstić information content (AvgIpc) is 2.81. The maximum atomic E-state index is 7.48. The van der Waals surface area contributed by atoms with Crippen molar-refractivity contribution in [1.29, 1.82) is 10.5 Å². The molecule has 0 heterocycles. The van der Waals surface area contributed by atoms with E-state index < -0.39 is 7.26 Å². The molecule has 0 aliphatic carbocycles. The van der Waals surface area contributed by atoms with E-state index in [4.69, 9.17) is 10.5 Å². The molecule has 0 fully saturated rings. The zero-order chi connectivity index (χ0) is 24.2. The Hall–Kier alpha value is -0.790. The number of nitrogens with one attached hydrogen (secondary N) is 1. The Morgan fingerprint density at radius 2 is 0.750 bits per heavy atom. The van der Waals surface area contributed by atoms with Gasteiger partial charge in [0.1, 0.15) is 0 Å². The Morgan fingerprint density at radius 3 is 0.969 bits per heavy atom. The fraction of sp³-hybridized carbons (Fsp3) is 0.929. The molecular weight excluding hydrogens is 409 g/mol. The van der Waals surface area contributed by atoms with Gasteiger partial charge in [0.05, 0.1) is 0 Å². The summed E-state index contributed by atoms with van der Waals surface area (Å²) < 4.78 is 0. The predicted molar refractivity (Wildman–Crippen MR) is 148 cm³/mol. The summed E-state index contributed by atoms with van der Waals surface area (Å²) in [5, 5.41) is 16.7. The largest absolute Gasteiger partial charge is 0.229 e. The number of unbranched alkanes of at least 4 members (excludes halogenated alkanes) is 15. The summed E-state index contributed by atoms with van der Waals surface area (Å²) in [5.41, 5.74) is 0. The third kappa shape index (κ3) is 23.9. The van der Waals surface area contributed by atoms with E-state index in [9.17, 15) is 0 Å². The molecule has 0 aliphatic rings. The summed E-state index contributed by atoms with van der Waals surface area (Å²) in [4.78, 5) is 0. The molecule has 0 saturated heterocycles. The Kier molecular flexibility index (Phi) is 29.5. The van der Waals surface area contributed by atoms with Crippen LogP contribution in [0, 0.1) is 22.9 Å². The van der Waals surface area contributed by atoms with Crippen molar-refractivity contribution >= 4 is 7.26 Å². The molecule has 1 N–H and O–H groups in total. The molecule has 0 amide bonds. The van der Waals surface area contributed by atoms with Crippen molar-refractivity contribution in [3.8, 4) is 12.4 Å². The number of hydrogen-bond acceptors (Lipinski definition) is 3. The van der Waals surface area contributed by atoms with E-state index in [2.05, 4.69) is 27.7 Å². The predicted octanol–water partition coefficient (Wildman–Crippen LogP) is 9.38. The average molecular weight is 468 g/mol. The van der Waals surface area contributed by atoms with Crippen LogP contribution < -0.4 is 5.32 Å². The molecule has 4 heteroatoms. The normalized spacial score (nSPS) is 11.2. The smallest absolute Gasteiger partial charge is 0.190 e.